The molecule has 0 amide bonds. The van der Waals surface area contributed by atoms with Crippen molar-refractivity contribution in [3.05, 3.63) is 87.2 Å². The monoisotopic (exact) mass is 401 g/mol. The minimum absolute atomic E-state index is 0.267. The van der Waals surface area contributed by atoms with Crippen molar-refractivity contribution >= 4 is 15.7 Å². The van der Waals surface area contributed by atoms with Gasteiger partial charge in [0, 0.05) is 26.0 Å². The normalized spacial score (nSPS) is 11.2. The highest BCUT2D eigenvalue weighted by molar-refractivity contribution is 7.92. The van der Waals surface area contributed by atoms with Crippen LogP contribution in [0.3, 0.4) is 0 Å². The Bertz CT molecular complexity index is 1200. The van der Waals surface area contributed by atoms with E-state index in [4.69, 9.17) is 4.74 Å². The Morgan fingerprint density at radius 3 is 2.25 bits per heavy atom. The van der Waals surface area contributed by atoms with Gasteiger partial charge in [0.05, 0.1) is 0 Å². The van der Waals surface area contributed by atoms with Crippen LogP contribution in [0.15, 0.2) is 75.3 Å². The molecule has 146 valence electrons. The quantitative estimate of drug-likeness (QED) is 0.674. The van der Waals surface area contributed by atoms with Gasteiger partial charge in [0.25, 0.3) is 15.6 Å². The molecule has 0 radical (unpaired) electrons. The molecule has 28 heavy (non-hydrogen) atoms. The van der Waals surface area contributed by atoms with Crippen LogP contribution < -0.4 is 20.7 Å². The van der Waals surface area contributed by atoms with Crippen LogP contribution in [-0.4, -0.2) is 17.6 Å². The lowest BCUT2D eigenvalue weighted by molar-refractivity contribution is 0.306. The van der Waals surface area contributed by atoms with Crippen LogP contribution in [0.5, 0.6) is 5.75 Å². The van der Waals surface area contributed by atoms with Gasteiger partial charge in [-0.05, 0) is 29.8 Å². The molecule has 0 aliphatic heterocycles. The number of anilines is 1. The summed E-state index contributed by atoms with van der Waals surface area (Å²) >= 11 is 0. The van der Waals surface area contributed by atoms with Crippen LogP contribution in [0.1, 0.15) is 5.56 Å². The highest BCUT2D eigenvalue weighted by Crippen LogP contribution is 2.19. The summed E-state index contributed by atoms with van der Waals surface area (Å²) < 4.78 is 34.9. The van der Waals surface area contributed by atoms with E-state index in [1.807, 2.05) is 30.3 Å². The van der Waals surface area contributed by atoms with E-state index in [0.29, 0.717) is 12.4 Å². The first-order valence-corrected chi connectivity index (χ1v) is 9.82. The molecule has 0 saturated heterocycles. The predicted octanol–water partition coefficient (Wildman–Crippen LogP) is 1.46. The van der Waals surface area contributed by atoms with E-state index in [2.05, 4.69) is 4.72 Å². The zero-order chi connectivity index (χ0) is 20.3. The number of nitrogens with one attached hydrogen (secondary N) is 1. The molecule has 3 rings (SSSR count). The van der Waals surface area contributed by atoms with Gasteiger partial charge in [-0.2, -0.15) is 0 Å². The maximum absolute atomic E-state index is 12.6. The number of ether oxygens (including phenoxy) is 1. The standard InChI is InChI=1S/C19H19N3O5S/c1-21-12-17(18(23)22(2)19(21)24)28(25,26)20-15-8-10-16(11-9-15)27-13-14-6-4-3-5-7-14/h3-12,20H,13H2,1-2H3. The molecule has 0 aliphatic carbocycles. The topological polar surface area (TPSA) is 99.4 Å². The molecule has 3 aromatic rings. The van der Waals surface area contributed by atoms with Gasteiger partial charge in [0.15, 0.2) is 4.90 Å². The molecule has 0 aliphatic rings. The summed E-state index contributed by atoms with van der Waals surface area (Å²) in [6.45, 7) is 0.389. The lowest BCUT2D eigenvalue weighted by Crippen LogP contribution is -2.40. The highest BCUT2D eigenvalue weighted by atomic mass is 32.2. The van der Waals surface area contributed by atoms with Crippen LogP contribution in [-0.2, 0) is 30.7 Å². The third kappa shape index (κ3) is 4.15. The predicted molar refractivity (Wildman–Crippen MR) is 105 cm³/mol. The van der Waals surface area contributed by atoms with Crippen LogP contribution in [0, 0.1) is 0 Å². The number of hydrogen-bond donors (Lipinski definition) is 1. The van der Waals surface area contributed by atoms with E-state index in [9.17, 15) is 18.0 Å². The minimum Gasteiger partial charge on any atom is -0.489 e. The summed E-state index contributed by atoms with van der Waals surface area (Å²) in [7, 11) is -1.56. The first-order valence-electron chi connectivity index (χ1n) is 8.34. The number of rotatable bonds is 6. The lowest BCUT2D eigenvalue weighted by atomic mass is 10.2. The van der Waals surface area contributed by atoms with Crippen molar-refractivity contribution in [1.82, 2.24) is 9.13 Å². The molecule has 1 N–H and O–H groups in total. The van der Waals surface area contributed by atoms with E-state index in [1.165, 1.54) is 26.2 Å². The summed E-state index contributed by atoms with van der Waals surface area (Å²) in [5, 5.41) is 0. The highest BCUT2D eigenvalue weighted by Gasteiger charge is 2.21. The van der Waals surface area contributed by atoms with Gasteiger partial charge in [-0.1, -0.05) is 30.3 Å². The molecule has 8 nitrogen and oxygen atoms in total. The number of hydrogen-bond acceptors (Lipinski definition) is 5. The molecule has 2 aromatic carbocycles. The van der Waals surface area contributed by atoms with Crippen molar-refractivity contribution in [2.75, 3.05) is 4.72 Å². The fourth-order valence-corrected chi connectivity index (χ4v) is 3.75. The molecule has 9 heteroatoms. The average molecular weight is 401 g/mol. The van der Waals surface area contributed by atoms with E-state index >= 15 is 0 Å². The Hall–Kier alpha value is -3.33. The zero-order valence-corrected chi connectivity index (χ0v) is 16.1. The second kappa shape index (κ2) is 7.73. The number of aryl methyl sites for hydroxylation is 1. The van der Waals surface area contributed by atoms with Gasteiger partial charge in [-0.15, -0.1) is 0 Å². The van der Waals surface area contributed by atoms with Crippen molar-refractivity contribution in [3.63, 3.8) is 0 Å². The van der Waals surface area contributed by atoms with E-state index in [0.717, 1.165) is 20.9 Å². The lowest BCUT2D eigenvalue weighted by Gasteiger charge is -2.11. The largest absolute Gasteiger partial charge is 0.489 e. The molecule has 0 saturated carbocycles. The second-order valence-corrected chi connectivity index (χ2v) is 7.81. The minimum atomic E-state index is -4.16. The molecular formula is C19H19N3O5S. The van der Waals surface area contributed by atoms with Crippen LogP contribution >= 0.6 is 0 Å². The Morgan fingerprint density at radius 1 is 0.964 bits per heavy atom. The fraction of sp³-hybridized carbons (Fsp3) is 0.158. The second-order valence-electron chi connectivity index (χ2n) is 6.16. The van der Waals surface area contributed by atoms with Crippen LogP contribution in [0.4, 0.5) is 5.69 Å². The molecule has 1 aromatic heterocycles. The SMILES string of the molecule is Cn1cc(S(=O)(=O)Nc2ccc(OCc3ccccc3)cc2)c(=O)n(C)c1=O. The molecule has 0 atom stereocenters. The number of aromatic nitrogens is 2. The summed E-state index contributed by atoms with van der Waals surface area (Å²) in [4.78, 5) is 23.4. The van der Waals surface area contributed by atoms with Gasteiger partial charge < -0.3 is 9.30 Å². The van der Waals surface area contributed by atoms with Crippen molar-refractivity contribution in [1.29, 1.82) is 0 Å². The smallest absolute Gasteiger partial charge is 0.330 e. The maximum atomic E-state index is 12.6. The van der Waals surface area contributed by atoms with Crippen LogP contribution in [0.25, 0.3) is 0 Å². The number of sulfonamides is 1. The summed E-state index contributed by atoms with van der Waals surface area (Å²) in [6, 6.07) is 15.9. The van der Waals surface area contributed by atoms with Crippen molar-refractivity contribution in [2.45, 2.75) is 11.5 Å². The molecule has 0 spiro atoms. The molecule has 0 bridgehead atoms. The maximum Gasteiger partial charge on any atom is 0.330 e. The van der Waals surface area contributed by atoms with Gasteiger partial charge in [0.1, 0.15) is 12.4 Å². The number of nitrogens with zero attached hydrogens (tertiary/aromatic N) is 2. The fourth-order valence-electron chi connectivity index (χ4n) is 2.53. The Labute approximate surface area is 161 Å². The summed E-state index contributed by atoms with van der Waals surface area (Å²) in [5.41, 5.74) is -0.219. The van der Waals surface area contributed by atoms with Crippen molar-refractivity contribution in [2.24, 2.45) is 14.1 Å². The van der Waals surface area contributed by atoms with E-state index in [-0.39, 0.29) is 5.69 Å². The van der Waals surface area contributed by atoms with Gasteiger partial charge in [-0.25, -0.2) is 13.2 Å². The van der Waals surface area contributed by atoms with Crippen LogP contribution in [0.2, 0.25) is 0 Å². The molecule has 1 heterocycles. The Morgan fingerprint density at radius 2 is 1.61 bits per heavy atom. The van der Waals surface area contributed by atoms with E-state index < -0.39 is 26.2 Å². The van der Waals surface area contributed by atoms with Crippen molar-refractivity contribution in [3.8, 4) is 5.75 Å². The molecular weight excluding hydrogens is 382 g/mol. The molecule has 0 fully saturated rings. The molecule has 0 unspecified atom stereocenters. The van der Waals surface area contributed by atoms with Crippen molar-refractivity contribution < 1.29 is 13.2 Å². The average Bonchev–Trinajstić information content (AvgIpc) is 2.69. The third-order valence-corrected chi connectivity index (χ3v) is 5.42. The van der Waals surface area contributed by atoms with Gasteiger partial charge in [-0.3, -0.25) is 14.1 Å². The number of benzene rings is 2. The summed E-state index contributed by atoms with van der Waals surface area (Å²) in [5.74, 6) is 0.574. The van der Waals surface area contributed by atoms with E-state index in [1.54, 1.807) is 12.1 Å². The Kier molecular flexibility index (Phi) is 5.36. The first-order chi connectivity index (χ1) is 13.3. The van der Waals surface area contributed by atoms with Gasteiger partial charge >= 0.3 is 5.69 Å². The Balaban J connectivity index is 1.76. The zero-order valence-electron chi connectivity index (χ0n) is 15.3. The third-order valence-electron chi connectivity index (χ3n) is 4.06. The first kappa shape index (κ1) is 19.4. The van der Waals surface area contributed by atoms with Gasteiger partial charge in [0.2, 0.25) is 0 Å². The summed E-state index contributed by atoms with van der Waals surface area (Å²) in [6.07, 6.45) is 1.00.